The minimum absolute atomic E-state index is 0.315. The van der Waals surface area contributed by atoms with Crippen LogP contribution in [0.1, 0.15) is 18.8 Å². The molecule has 0 aliphatic carbocycles. The second-order valence-corrected chi connectivity index (χ2v) is 6.18. The van der Waals surface area contributed by atoms with Crippen LogP contribution in [0.15, 0.2) is 34.9 Å². The molecule has 6 nitrogen and oxygen atoms in total. The maximum atomic E-state index is 14.3. The molecule has 2 aromatic rings. The minimum atomic E-state index is -4.82. The Morgan fingerprint density at radius 3 is 2.29 bits per heavy atom. The smallest absolute Gasteiger partial charge is 0.255 e. The summed E-state index contributed by atoms with van der Waals surface area (Å²) < 4.78 is 83.1. The van der Waals surface area contributed by atoms with Crippen LogP contribution in [-0.2, 0) is 0 Å². The van der Waals surface area contributed by atoms with Gasteiger partial charge in [-0.25, -0.2) is 33.7 Å². The number of nitrogens with zero attached hydrogens (tertiary/aromatic N) is 5. The Balaban J connectivity index is 2.26. The molecule has 13 heteroatoms. The molecule has 3 rings (SSSR count). The van der Waals surface area contributed by atoms with E-state index in [0.717, 1.165) is 24.3 Å². The Hall–Kier alpha value is -2.60. The van der Waals surface area contributed by atoms with Gasteiger partial charge in [-0.15, -0.1) is 0 Å². The lowest BCUT2D eigenvalue weighted by Gasteiger charge is -2.34. The van der Waals surface area contributed by atoms with Crippen molar-refractivity contribution in [2.75, 3.05) is 0 Å². The highest BCUT2D eigenvalue weighted by atomic mass is 35.5. The molecule has 2 atom stereocenters. The molecular weight excluding hydrogens is 414 g/mol. The van der Waals surface area contributed by atoms with E-state index in [-0.39, 0.29) is 0 Å². The van der Waals surface area contributed by atoms with E-state index in [1.54, 1.807) is 0 Å². The normalized spacial score (nSPS) is 19.1. The second-order valence-electron chi connectivity index (χ2n) is 5.82. The summed E-state index contributed by atoms with van der Waals surface area (Å²) >= 11 is 6.10. The molecule has 1 aromatic heterocycles. The van der Waals surface area contributed by atoms with Gasteiger partial charge < -0.3 is 0 Å². The number of nitrogens with two attached hydrogens (primary N) is 1. The fourth-order valence-electron chi connectivity index (χ4n) is 2.61. The van der Waals surface area contributed by atoms with E-state index in [4.69, 9.17) is 17.4 Å². The number of hydrogen-bond acceptors (Lipinski definition) is 5. The van der Waals surface area contributed by atoms with Gasteiger partial charge in [0, 0.05) is 17.7 Å². The number of halogens is 7. The fourth-order valence-corrected chi connectivity index (χ4v) is 2.88. The van der Waals surface area contributed by atoms with Crippen molar-refractivity contribution in [3.63, 3.8) is 0 Å². The molecule has 0 fully saturated rings. The lowest BCUT2D eigenvalue weighted by molar-refractivity contribution is -0.150. The summed E-state index contributed by atoms with van der Waals surface area (Å²) in [5, 5.41) is 3.78. The SMILES string of the molecule is CC(C1=N[C@H](n2cncn2)N(N)C(Cl)=C1c1c(F)cc(F)cc1F)C(F)(F)F. The number of alkyl halides is 3. The summed E-state index contributed by atoms with van der Waals surface area (Å²) in [5.74, 6) is -0.655. The highest BCUT2D eigenvalue weighted by Gasteiger charge is 2.45. The zero-order valence-corrected chi connectivity index (χ0v) is 14.7. The van der Waals surface area contributed by atoms with Crippen LogP contribution in [-0.4, -0.2) is 31.7 Å². The van der Waals surface area contributed by atoms with Crippen molar-refractivity contribution >= 4 is 22.9 Å². The maximum Gasteiger partial charge on any atom is 0.396 e. The Labute approximate surface area is 158 Å². The molecule has 0 amide bonds. The van der Waals surface area contributed by atoms with Gasteiger partial charge in [0.1, 0.15) is 35.3 Å². The average Bonchev–Trinajstić information content (AvgIpc) is 3.10. The van der Waals surface area contributed by atoms with E-state index in [1.807, 2.05) is 0 Å². The summed E-state index contributed by atoms with van der Waals surface area (Å²) in [4.78, 5) is 7.52. The van der Waals surface area contributed by atoms with E-state index in [2.05, 4.69) is 15.1 Å². The van der Waals surface area contributed by atoms with Crippen LogP contribution >= 0.6 is 11.6 Å². The van der Waals surface area contributed by atoms with Crippen molar-refractivity contribution in [1.29, 1.82) is 0 Å². The number of aliphatic imine (C=N–C) groups is 1. The van der Waals surface area contributed by atoms with E-state index in [9.17, 15) is 26.3 Å². The van der Waals surface area contributed by atoms with Crippen LogP contribution in [0, 0.1) is 23.4 Å². The lowest BCUT2D eigenvalue weighted by atomic mass is 9.91. The molecule has 0 bridgehead atoms. The van der Waals surface area contributed by atoms with Crippen molar-refractivity contribution in [1.82, 2.24) is 19.8 Å². The summed E-state index contributed by atoms with van der Waals surface area (Å²) in [6.45, 7) is 0.743. The zero-order chi connectivity index (χ0) is 20.8. The Morgan fingerprint density at radius 2 is 1.79 bits per heavy atom. The first kappa shape index (κ1) is 20.1. The summed E-state index contributed by atoms with van der Waals surface area (Å²) in [6.07, 6.45) is -4.00. The molecule has 0 radical (unpaired) electrons. The molecule has 0 saturated heterocycles. The highest BCUT2D eigenvalue weighted by molar-refractivity contribution is 6.41. The van der Waals surface area contributed by atoms with Gasteiger partial charge >= 0.3 is 6.18 Å². The third kappa shape index (κ3) is 3.44. The largest absolute Gasteiger partial charge is 0.396 e. The molecule has 1 aliphatic heterocycles. The van der Waals surface area contributed by atoms with Crippen molar-refractivity contribution in [2.45, 2.75) is 19.4 Å². The first-order valence-corrected chi connectivity index (χ1v) is 7.97. The topological polar surface area (TPSA) is 72.3 Å². The first-order chi connectivity index (χ1) is 13.0. The molecule has 0 saturated carbocycles. The van der Waals surface area contributed by atoms with E-state index in [1.165, 1.54) is 0 Å². The predicted molar refractivity (Wildman–Crippen MR) is 86.8 cm³/mol. The third-order valence-electron chi connectivity index (χ3n) is 4.02. The summed E-state index contributed by atoms with van der Waals surface area (Å²) in [6, 6.07) is 0.631. The second kappa shape index (κ2) is 7.09. The Morgan fingerprint density at radius 1 is 1.18 bits per heavy atom. The van der Waals surface area contributed by atoms with Gasteiger partial charge in [0.05, 0.1) is 17.2 Å². The molecular formula is C15H11ClF6N6. The van der Waals surface area contributed by atoms with Crippen LogP contribution in [0.3, 0.4) is 0 Å². The maximum absolute atomic E-state index is 14.3. The Kier molecular flexibility index (Phi) is 5.10. The van der Waals surface area contributed by atoms with E-state index < -0.39 is 57.8 Å². The van der Waals surface area contributed by atoms with Gasteiger partial charge in [-0.2, -0.15) is 18.3 Å². The van der Waals surface area contributed by atoms with Crippen LogP contribution in [0.5, 0.6) is 0 Å². The predicted octanol–water partition coefficient (Wildman–Crippen LogP) is 3.59. The summed E-state index contributed by atoms with van der Waals surface area (Å²) in [5.41, 5.74) is -2.50. The standard InChI is InChI=1S/C15H11ClF6N6/c1-6(15(20,21)22)12-11(10-8(18)2-7(17)3-9(10)19)13(16)28(23)14(26-12)27-5-24-4-25-27/h2-6,14H,23H2,1H3/t6?,14-/m1/s1. The molecule has 0 spiro atoms. The van der Waals surface area contributed by atoms with Crippen molar-refractivity contribution in [3.05, 3.63) is 53.0 Å². The van der Waals surface area contributed by atoms with Gasteiger partial charge in [-0.3, -0.25) is 5.01 Å². The lowest BCUT2D eigenvalue weighted by Crippen LogP contribution is -2.42. The minimum Gasteiger partial charge on any atom is -0.255 e. The number of hydrogen-bond donors (Lipinski definition) is 1. The number of hydrazine groups is 1. The first-order valence-electron chi connectivity index (χ1n) is 7.60. The van der Waals surface area contributed by atoms with Gasteiger partial charge in [0.15, 0.2) is 0 Å². The van der Waals surface area contributed by atoms with Gasteiger partial charge in [-0.1, -0.05) is 11.6 Å². The van der Waals surface area contributed by atoms with Crippen LogP contribution in [0.2, 0.25) is 0 Å². The number of benzene rings is 1. The molecule has 2 heterocycles. The summed E-state index contributed by atoms with van der Waals surface area (Å²) in [7, 11) is 0. The van der Waals surface area contributed by atoms with Crippen LogP contribution < -0.4 is 5.84 Å². The zero-order valence-electron chi connectivity index (χ0n) is 13.9. The fraction of sp³-hybridized carbons (Fsp3) is 0.267. The van der Waals surface area contributed by atoms with Crippen molar-refractivity contribution in [2.24, 2.45) is 16.8 Å². The number of rotatable bonds is 3. The van der Waals surface area contributed by atoms with E-state index >= 15 is 0 Å². The van der Waals surface area contributed by atoms with Gasteiger partial charge in [0.2, 0.25) is 6.29 Å². The van der Waals surface area contributed by atoms with Crippen LogP contribution in [0.4, 0.5) is 26.3 Å². The Bertz CT molecular complexity index is 931. The molecule has 2 N–H and O–H groups in total. The monoisotopic (exact) mass is 424 g/mol. The van der Waals surface area contributed by atoms with Gasteiger partial charge in [-0.05, 0) is 6.92 Å². The molecule has 1 unspecified atom stereocenters. The molecule has 1 aromatic carbocycles. The number of aromatic nitrogens is 3. The van der Waals surface area contributed by atoms with E-state index in [0.29, 0.717) is 17.1 Å². The van der Waals surface area contributed by atoms with Crippen molar-refractivity contribution < 1.29 is 26.3 Å². The van der Waals surface area contributed by atoms with Gasteiger partial charge in [0.25, 0.3) is 0 Å². The number of allylic oxidation sites excluding steroid dienone is 1. The molecule has 28 heavy (non-hydrogen) atoms. The van der Waals surface area contributed by atoms with Crippen molar-refractivity contribution in [3.8, 4) is 0 Å². The van der Waals surface area contributed by atoms with Crippen LogP contribution in [0.25, 0.3) is 5.57 Å². The third-order valence-corrected chi connectivity index (χ3v) is 4.41. The highest BCUT2D eigenvalue weighted by Crippen LogP contribution is 2.41. The molecule has 1 aliphatic rings. The quantitative estimate of drug-likeness (QED) is 0.464. The molecule has 150 valence electrons. The average molecular weight is 425 g/mol.